The average molecular weight is 557 g/mol. The van der Waals surface area contributed by atoms with Gasteiger partial charge < -0.3 is 20.8 Å². The van der Waals surface area contributed by atoms with Crippen molar-refractivity contribution in [2.75, 3.05) is 13.1 Å². The Bertz CT molecular complexity index is 1270. The van der Waals surface area contributed by atoms with Crippen molar-refractivity contribution >= 4 is 11.6 Å². The van der Waals surface area contributed by atoms with E-state index in [9.17, 15) is 23.4 Å². The summed E-state index contributed by atoms with van der Waals surface area (Å²) < 4.78 is 37.7. The van der Waals surface area contributed by atoms with Crippen molar-refractivity contribution in [3.05, 3.63) is 130 Å². The summed E-state index contributed by atoms with van der Waals surface area (Å²) in [6, 6.07) is 27.4. The third kappa shape index (κ3) is 11.4. The minimum Gasteiger partial charge on any atom is -0.508 e. The van der Waals surface area contributed by atoms with E-state index < -0.39 is 11.7 Å². The van der Waals surface area contributed by atoms with E-state index in [1.165, 1.54) is 17.7 Å². The van der Waals surface area contributed by atoms with Crippen molar-refractivity contribution in [3.8, 4) is 11.5 Å². The molecule has 0 spiro atoms. The molecule has 0 aliphatic rings. The summed E-state index contributed by atoms with van der Waals surface area (Å²) in [5.74, 6) is 0.510. The molecular weight excluding hydrogens is 525 g/mol. The Hall–Kier alpha value is -3.52. The van der Waals surface area contributed by atoms with E-state index in [0.29, 0.717) is 30.8 Å². The summed E-state index contributed by atoms with van der Waals surface area (Å²) in [5.41, 5.74) is 3.27. The van der Waals surface area contributed by atoms with Gasteiger partial charge in [0.1, 0.15) is 11.5 Å². The summed E-state index contributed by atoms with van der Waals surface area (Å²) in [5, 5.41) is 25.9. The van der Waals surface area contributed by atoms with Crippen LogP contribution in [0.2, 0.25) is 5.02 Å². The molecule has 4 rings (SSSR count). The molecule has 0 amide bonds. The van der Waals surface area contributed by atoms with Crippen LogP contribution in [-0.4, -0.2) is 23.3 Å². The molecule has 39 heavy (non-hydrogen) atoms. The van der Waals surface area contributed by atoms with Crippen molar-refractivity contribution in [2.24, 2.45) is 0 Å². The van der Waals surface area contributed by atoms with Crippen LogP contribution < -0.4 is 10.6 Å². The second-order valence-corrected chi connectivity index (χ2v) is 9.46. The minimum atomic E-state index is -4.30. The molecule has 206 valence electrons. The molecule has 0 bridgehead atoms. The fourth-order valence-electron chi connectivity index (χ4n) is 3.86. The van der Waals surface area contributed by atoms with Crippen molar-refractivity contribution in [3.63, 3.8) is 0 Å². The quantitative estimate of drug-likeness (QED) is 0.157. The van der Waals surface area contributed by atoms with Gasteiger partial charge >= 0.3 is 6.18 Å². The van der Waals surface area contributed by atoms with Crippen LogP contribution in [0.4, 0.5) is 13.2 Å². The number of rotatable bonds is 10. The zero-order valence-electron chi connectivity index (χ0n) is 21.4. The van der Waals surface area contributed by atoms with Gasteiger partial charge in [0.15, 0.2) is 0 Å². The predicted molar refractivity (Wildman–Crippen MR) is 150 cm³/mol. The van der Waals surface area contributed by atoms with Crippen LogP contribution in [-0.2, 0) is 32.1 Å². The van der Waals surface area contributed by atoms with E-state index in [-0.39, 0.29) is 5.75 Å². The molecule has 4 nitrogen and oxygen atoms in total. The number of benzene rings is 4. The zero-order valence-corrected chi connectivity index (χ0v) is 22.1. The van der Waals surface area contributed by atoms with Gasteiger partial charge in [0.05, 0.1) is 5.56 Å². The smallest absolute Gasteiger partial charge is 0.416 e. The van der Waals surface area contributed by atoms with Gasteiger partial charge in [-0.15, -0.1) is 0 Å². The van der Waals surface area contributed by atoms with E-state index in [0.717, 1.165) is 41.7 Å². The molecule has 0 heterocycles. The normalized spacial score (nSPS) is 11.1. The van der Waals surface area contributed by atoms with Gasteiger partial charge in [-0.25, -0.2) is 0 Å². The first-order valence-electron chi connectivity index (χ1n) is 12.6. The van der Waals surface area contributed by atoms with Crippen LogP contribution in [0.3, 0.4) is 0 Å². The second-order valence-electron chi connectivity index (χ2n) is 9.02. The highest BCUT2D eigenvalue weighted by Crippen LogP contribution is 2.29. The molecule has 0 aromatic heterocycles. The van der Waals surface area contributed by atoms with E-state index in [1.807, 2.05) is 36.4 Å². The number of nitrogens with one attached hydrogen (secondary N) is 2. The third-order valence-corrected chi connectivity index (χ3v) is 6.04. The molecular formula is C31H32ClF3N2O2. The topological polar surface area (TPSA) is 64.5 Å². The van der Waals surface area contributed by atoms with E-state index in [4.69, 9.17) is 11.6 Å². The number of hydrogen-bond donors (Lipinski definition) is 4. The van der Waals surface area contributed by atoms with Gasteiger partial charge in [0, 0.05) is 18.1 Å². The number of phenols is 2. The highest BCUT2D eigenvalue weighted by Gasteiger charge is 2.30. The first-order valence-corrected chi connectivity index (χ1v) is 12.9. The third-order valence-electron chi connectivity index (χ3n) is 5.80. The van der Waals surface area contributed by atoms with Crippen LogP contribution in [0, 0.1) is 0 Å². The summed E-state index contributed by atoms with van der Waals surface area (Å²) in [4.78, 5) is 0. The molecule has 8 heteroatoms. The van der Waals surface area contributed by atoms with Crippen molar-refractivity contribution in [2.45, 2.75) is 32.1 Å². The average Bonchev–Trinajstić information content (AvgIpc) is 2.89. The lowest BCUT2D eigenvalue weighted by molar-refractivity contribution is -0.137. The second kappa shape index (κ2) is 15.2. The Balaban J connectivity index is 0.000000218. The van der Waals surface area contributed by atoms with Gasteiger partial charge in [-0.3, -0.25) is 0 Å². The standard InChI is InChI=1S/C16H16F3NO.C15H16ClNO/c17-16(18,19)14-5-1-3-12(9-14)7-8-20-11-13-4-2-6-15(21)10-13;16-14-5-1-3-12(9-14)7-8-17-11-13-4-2-6-15(18)10-13/h1-6,9-10,20-21H,7-8,11H2;1-6,9-10,17-18H,7-8,11H2. The molecule has 4 aromatic carbocycles. The van der Waals surface area contributed by atoms with Gasteiger partial charge in [-0.1, -0.05) is 66.2 Å². The van der Waals surface area contributed by atoms with Crippen molar-refractivity contribution < 1.29 is 23.4 Å². The number of phenolic OH excluding ortho intramolecular Hbond substituents is 2. The van der Waals surface area contributed by atoms with Gasteiger partial charge in [0.25, 0.3) is 0 Å². The Labute approximate surface area is 232 Å². The van der Waals surface area contributed by atoms with Gasteiger partial charge in [-0.05, 0) is 90.6 Å². The van der Waals surface area contributed by atoms with Crippen LogP contribution in [0.5, 0.6) is 11.5 Å². The Morgan fingerprint density at radius 3 is 1.54 bits per heavy atom. The highest BCUT2D eigenvalue weighted by molar-refractivity contribution is 6.30. The zero-order chi connectivity index (χ0) is 28.1. The summed E-state index contributed by atoms with van der Waals surface area (Å²) in [6.45, 7) is 2.77. The molecule has 0 saturated carbocycles. The van der Waals surface area contributed by atoms with E-state index >= 15 is 0 Å². The molecule has 4 aromatic rings. The summed E-state index contributed by atoms with van der Waals surface area (Å²) >= 11 is 5.92. The van der Waals surface area contributed by atoms with Crippen molar-refractivity contribution in [1.29, 1.82) is 0 Å². The number of alkyl halides is 3. The molecule has 0 saturated heterocycles. The number of aromatic hydroxyl groups is 2. The van der Waals surface area contributed by atoms with Crippen LogP contribution in [0.25, 0.3) is 0 Å². The summed E-state index contributed by atoms with van der Waals surface area (Å²) in [6.07, 6.45) is -2.84. The maximum absolute atomic E-state index is 12.6. The lowest BCUT2D eigenvalue weighted by atomic mass is 10.1. The molecule has 0 unspecified atom stereocenters. The number of hydrogen-bond acceptors (Lipinski definition) is 4. The maximum atomic E-state index is 12.6. The van der Waals surface area contributed by atoms with Crippen LogP contribution in [0.15, 0.2) is 97.1 Å². The fourth-order valence-corrected chi connectivity index (χ4v) is 4.07. The molecule has 4 N–H and O–H groups in total. The predicted octanol–water partition coefficient (Wildman–Crippen LogP) is 7.12. The van der Waals surface area contributed by atoms with Crippen molar-refractivity contribution in [1.82, 2.24) is 10.6 Å². The van der Waals surface area contributed by atoms with Crippen LogP contribution in [0.1, 0.15) is 27.8 Å². The molecule has 0 aliphatic carbocycles. The van der Waals surface area contributed by atoms with E-state index in [2.05, 4.69) is 16.7 Å². The SMILES string of the molecule is Oc1cccc(CNCCc2cccc(C(F)(F)F)c2)c1.Oc1cccc(CNCCc2cccc(Cl)c2)c1. The fraction of sp³-hybridized carbons (Fsp3) is 0.226. The van der Waals surface area contributed by atoms with E-state index in [1.54, 1.807) is 36.4 Å². The molecule has 0 aliphatic heterocycles. The molecule has 0 radical (unpaired) electrons. The molecule has 0 fully saturated rings. The largest absolute Gasteiger partial charge is 0.508 e. The lowest BCUT2D eigenvalue weighted by Gasteiger charge is -2.09. The first-order chi connectivity index (χ1) is 18.7. The highest BCUT2D eigenvalue weighted by atomic mass is 35.5. The Morgan fingerprint density at radius 2 is 1.05 bits per heavy atom. The molecule has 0 atom stereocenters. The lowest BCUT2D eigenvalue weighted by Crippen LogP contribution is -2.17. The van der Waals surface area contributed by atoms with Gasteiger partial charge in [0.2, 0.25) is 0 Å². The summed E-state index contributed by atoms with van der Waals surface area (Å²) in [7, 11) is 0. The monoisotopic (exact) mass is 556 g/mol. The minimum absolute atomic E-state index is 0.201. The maximum Gasteiger partial charge on any atom is 0.416 e. The van der Waals surface area contributed by atoms with Crippen LogP contribution >= 0.6 is 11.6 Å². The Morgan fingerprint density at radius 1 is 0.590 bits per heavy atom. The number of halogens is 4. The Kier molecular flexibility index (Phi) is 11.7. The van der Waals surface area contributed by atoms with Gasteiger partial charge in [-0.2, -0.15) is 13.2 Å². The first kappa shape index (κ1) is 30.0.